The summed E-state index contributed by atoms with van der Waals surface area (Å²) in [5.74, 6) is 0.423. The highest BCUT2D eigenvalue weighted by Gasteiger charge is 2.24. The number of nitrogens with zero attached hydrogens (tertiary/aromatic N) is 4. The topological polar surface area (TPSA) is 58.4 Å². The molecule has 2 heterocycles. The Balaban J connectivity index is 1.36. The number of halogens is 1. The van der Waals surface area contributed by atoms with Gasteiger partial charge in [0.25, 0.3) is 0 Å². The third-order valence-corrected chi connectivity index (χ3v) is 7.16. The quantitative estimate of drug-likeness (QED) is 0.339. The molecule has 180 valence electrons. The lowest BCUT2D eigenvalue weighted by Gasteiger charge is -2.36. The van der Waals surface area contributed by atoms with E-state index >= 15 is 0 Å². The zero-order chi connectivity index (χ0) is 24.2. The van der Waals surface area contributed by atoms with Gasteiger partial charge in [-0.25, -0.2) is 9.37 Å². The molecule has 1 amide bonds. The third kappa shape index (κ3) is 5.43. The summed E-state index contributed by atoms with van der Waals surface area (Å²) in [5, 5.41) is 0.876. The molecule has 8 heteroatoms. The van der Waals surface area contributed by atoms with Crippen molar-refractivity contribution in [3.63, 3.8) is 0 Å². The van der Waals surface area contributed by atoms with Gasteiger partial charge >= 0.3 is 0 Å². The standard InChI is InChI=1S/C26H31FN4O2S/c1-18(2)10-11-31-24-7-5-4-6-22(24)28-26(31)34-17-25(33)30-14-12-29(13-15-30)23-9-8-20(19(3)32)16-21(23)27/h4-9,16,18H,10-15,17H2,1-3H3. The first-order chi connectivity index (χ1) is 16.3. The number of aromatic nitrogens is 2. The Morgan fingerprint density at radius 1 is 1.09 bits per heavy atom. The molecule has 0 atom stereocenters. The highest BCUT2D eigenvalue weighted by atomic mass is 32.2. The Morgan fingerprint density at radius 2 is 1.82 bits per heavy atom. The van der Waals surface area contributed by atoms with Gasteiger partial charge in [0.15, 0.2) is 10.9 Å². The summed E-state index contributed by atoms with van der Waals surface area (Å²) in [6.07, 6.45) is 1.05. The van der Waals surface area contributed by atoms with Crippen molar-refractivity contribution in [2.24, 2.45) is 5.92 Å². The molecule has 0 aliphatic carbocycles. The normalized spacial score (nSPS) is 14.3. The largest absolute Gasteiger partial charge is 0.366 e. The fraction of sp³-hybridized carbons (Fsp3) is 0.423. The minimum atomic E-state index is -0.400. The Hall–Kier alpha value is -2.87. The monoisotopic (exact) mass is 482 g/mol. The van der Waals surface area contributed by atoms with Crippen LogP contribution in [0, 0.1) is 11.7 Å². The molecule has 0 radical (unpaired) electrons. The number of carbonyl (C=O) groups is 2. The van der Waals surface area contributed by atoms with Crippen LogP contribution in [-0.2, 0) is 11.3 Å². The zero-order valence-corrected chi connectivity index (χ0v) is 20.8. The molecular formula is C26H31FN4O2S. The molecule has 0 spiro atoms. The maximum absolute atomic E-state index is 14.5. The molecule has 2 aromatic carbocycles. The summed E-state index contributed by atoms with van der Waals surface area (Å²) in [7, 11) is 0. The smallest absolute Gasteiger partial charge is 0.233 e. The van der Waals surface area contributed by atoms with Crippen LogP contribution in [-0.4, -0.2) is 58.1 Å². The van der Waals surface area contributed by atoms with E-state index in [1.807, 2.05) is 28.0 Å². The molecule has 0 saturated carbocycles. The van der Waals surface area contributed by atoms with Gasteiger partial charge < -0.3 is 14.4 Å². The number of amides is 1. The van der Waals surface area contributed by atoms with Crippen LogP contribution in [0.5, 0.6) is 0 Å². The molecule has 0 unspecified atom stereocenters. The third-order valence-electron chi connectivity index (χ3n) is 6.20. The number of benzene rings is 2. The van der Waals surface area contributed by atoms with Crippen molar-refractivity contribution in [1.82, 2.24) is 14.5 Å². The Morgan fingerprint density at radius 3 is 2.50 bits per heavy atom. The van der Waals surface area contributed by atoms with Crippen molar-refractivity contribution in [2.75, 3.05) is 36.8 Å². The summed E-state index contributed by atoms with van der Waals surface area (Å²) < 4.78 is 16.7. The van der Waals surface area contributed by atoms with Crippen LogP contribution in [0.15, 0.2) is 47.6 Å². The second-order valence-corrected chi connectivity index (χ2v) is 10.0. The number of imidazole rings is 1. The highest BCUT2D eigenvalue weighted by Crippen LogP contribution is 2.26. The molecule has 1 aromatic heterocycles. The molecule has 1 saturated heterocycles. The van der Waals surface area contributed by atoms with Gasteiger partial charge in [-0.1, -0.05) is 37.7 Å². The van der Waals surface area contributed by atoms with E-state index < -0.39 is 5.82 Å². The number of fused-ring (bicyclic) bond motifs is 1. The predicted molar refractivity (Wildman–Crippen MR) is 135 cm³/mol. The van der Waals surface area contributed by atoms with Crippen molar-refractivity contribution in [3.05, 3.63) is 53.8 Å². The summed E-state index contributed by atoms with van der Waals surface area (Å²) in [4.78, 5) is 32.9. The lowest BCUT2D eigenvalue weighted by atomic mass is 10.1. The average Bonchev–Trinajstić information content (AvgIpc) is 3.18. The molecule has 6 nitrogen and oxygen atoms in total. The number of rotatable bonds is 8. The lowest BCUT2D eigenvalue weighted by Crippen LogP contribution is -2.49. The minimum Gasteiger partial charge on any atom is -0.366 e. The van der Waals surface area contributed by atoms with Crippen LogP contribution in [0.2, 0.25) is 0 Å². The van der Waals surface area contributed by atoms with Crippen LogP contribution in [0.25, 0.3) is 11.0 Å². The van der Waals surface area contributed by atoms with Crippen LogP contribution in [0.4, 0.5) is 10.1 Å². The number of thioether (sulfide) groups is 1. The Kier molecular flexibility index (Phi) is 7.56. The molecule has 1 aliphatic rings. The van der Waals surface area contributed by atoms with E-state index in [1.54, 1.807) is 12.1 Å². The van der Waals surface area contributed by atoms with Gasteiger partial charge in [0.1, 0.15) is 5.82 Å². The maximum atomic E-state index is 14.5. The van der Waals surface area contributed by atoms with Gasteiger partial charge in [0.05, 0.1) is 22.5 Å². The van der Waals surface area contributed by atoms with Crippen molar-refractivity contribution in [3.8, 4) is 0 Å². The van der Waals surface area contributed by atoms with Crippen molar-refractivity contribution < 1.29 is 14.0 Å². The van der Waals surface area contributed by atoms with Crippen molar-refractivity contribution in [1.29, 1.82) is 0 Å². The number of anilines is 1. The van der Waals surface area contributed by atoms with Gasteiger partial charge in [-0.15, -0.1) is 0 Å². The average molecular weight is 483 g/mol. The number of carbonyl (C=O) groups excluding carboxylic acids is 2. The number of piperazine rings is 1. The number of Topliss-reactive ketones (excluding diaryl/α,β-unsaturated/α-hetero) is 1. The second-order valence-electron chi connectivity index (χ2n) is 9.10. The van der Waals surface area contributed by atoms with Crippen LogP contribution in [0.1, 0.15) is 37.6 Å². The number of para-hydroxylation sites is 2. The van der Waals surface area contributed by atoms with Crippen LogP contribution >= 0.6 is 11.8 Å². The van der Waals surface area contributed by atoms with E-state index in [0.29, 0.717) is 49.1 Å². The summed E-state index contributed by atoms with van der Waals surface area (Å²) in [6, 6.07) is 12.7. The van der Waals surface area contributed by atoms with E-state index in [0.717, 1.165) is 29.2 Å². The number of hydrogen-bond acceptors (Lipinski definition) is 5. The fourth-order valence-corrected chi connectivity index (χ4v) is 5.11. The van der Waals surface area contributed by atoms with Gasteiger partial charge in [-0.05, 0) is 49.6 Å². The van der Waals surface area contributed by atoms with Crippen LogP contribution in [0.3, 0.4) is 0 Å². The molecule has 3 aromatic rings. The van der Waals surface area contributed by atoms with Gasteiger partial charge in [0.2, 0.25) is 5.91 Å². The lowest BCUT2D eigenvalue weighted by molar-refractivity contribution is -0.128. The van der Waals surface area contributed by atoms with E-state index in [4.69, 9.17) is 4.98 Å². The van der Waals surface area contributed by atoms with E-state index in [9.17, 15) is 14.0 Å². The molecule has 1 fully saturated rings. The Bertz CT molecular complexity index is 1180. The van der Waals surface area contributed by atoms with Crippen LogP contribution < -0.4 is 4.90 Å². The molecule has 34 heavy (non-hydrogen) atoms. The molecule has 4 rings (SSSR count). The fourth-order valence-electron chi connectivity index (χ4n) is 4.16. The first-order valence-corrected chi connectivity index (χ1v) is 12.7. The molecule has 0 bridgehead atoms. The van der Waals surface area contributed by atoms with Crippen molar-refractivity contribution >= 4 is 40.2 Å². The number of aryl methyl sites for hydroxylation is 1. The minimum absolute atomic E-state index is 0.0690. The van der Waals surface area contributed by atoms with E-state index in [-0.39, 0.29) is 11.7 Å². The van der Waals surface area contributed by atoms with Gasteiger partial charge in [-0.3, -0.25) is 9.59 Å². The number of hydrogen-bond donors (Lipinski definition) is 0. The first kappa shape index (κ1) is 24.3. The molecule has 0 N–H and O–H groups in total. The molecule has 1 aliphatic heterocycles. The molecular weight excluding hydrogens is 451 g/mol. The van der Waals surface area contributed by atoms with E-state index in [1.165, 1.54) is 24.8 Å². The maximum Gasteiger partial charge on any atom is 0.233 e. The SMILES string of the molecule is CC(=O)c1ccc(N2CCN(C(=O)CSc3nc4ccccc4n3CCC(C)C)CC2)c(F)c1. The second kappa shape index (κ2) is 10.6. The van der Waals surface area contributed by atoms with E-state index in [2.05, 4.69) is 24.5 Å². The Labute approximate surface area is 204 Å². The summed E-state index contributed by atoms with van der Waals surface area (Å²) in [6.45, 7) is 8.91. The van der Waals surface area contributed by atoms with Crippen molar-refractivity contribution in [2.45, 2.75) is 38.9 Å². The summed E-state index contributed by atoms with van der Waals surface area (Å²) >= 11 is 1.49. The first-order valence-electron chi connectivity index (χ1n) is 11.7. The number of ketones is 1. The van der Waals surface area contributed by atoms with Gasteiger partial charge in [-0.2, -0.15) is 0 Å². The predicted octanol–water partition coefficient (Wildman–Crippen LogP) is 4.87. The zero-order valence-electron chi connectivity index (χ0n) is 20.0. The highest BCUT2D eigenvalue weighted by molar-refractivity contribution is 7.99. The van der Waals surface area contributed by atoms with Gasteiger partial charge in [0, 0.05) is 38.3 Å². The summed E-state index contributed by atoms with van der Waals surface area (Å²) in [5.41, 5.74) is 2.90.